The van der Waals surface area contributed by atoms with Crippen LogP contribution in [0.1, 0.15) is 44.0 Å². The Morgan fingerprint density at radius 2 is 2.00 bits per heavy atom. The third-order valence-corrected chi connectivity index (χ3v) is 6.08. The Hall–Kier alpha value is -3.00. The van der Waals surface area contributed by atoms with E-state index in [4.69, 9.17) is 10.1 Å². The lowest BCUT2D eigenvalue weighted by atomic mass is 9.91. The zero-order chi connectivity index (χ0) is 22.8. The smallest absolute Gasteiger partial charge is 0.267 e. The number of carbonyl (C=O) groups is 1. The van der Waals surface area contributed by atoms with Gasteiger partial charge in [-0.15, -0.1) is 0 Å². The summed E-state index contributed by atoms with van der Waals surface area (Å²) in [6.07, 6.45) is 3.42. The Labute approximate surface area is 187 Å². The third-order valence-electron chi connectivity index (χ3n) is 6.08. The number of hydrogen-bond donors (Lipinski definition) is 1. The molecule has 1 aliphatic rings. The number of rotatable bonds is 6. The molecule has 0 aliphatic carbocycles. The summed E-state index contributed by atoms with van der Waals surface area (Å²) in [4.78, 5) is 33.3. The van der Waals surface area contributed by atoms with E-state index in [1.165, 1.54) is 4.40 Å². The highest BCUT2D eigenvalue weighted by Gasteiger charge is 2.28. The highest BCUT2D eigenvalue weighted by Crippen LogP contribution is 2.22. The molecule has 1 saturated heterocycles. The predicted molar refractivity (Wildman–Crippen MR) is 123 cm³/mol. The van der Waals surface area contributed by atoms with Gasteiger partial charge in [0.1, 0.15) is 16.8 Å². The lowest BCUT2D eigenvalue weighted by Gasteiger charge is -2.35. The summed E-state index contributed by atoms with van der Waals surface area (Å²) in [7, 11) is 0. The maximum Gasteiger partial charge on any atom is 0.267 e. The van der Waals surface area contributed by atoms with Crippen molar-refractivity contribution in [2.45, 2.75) is 40.2 Å². The van der Waals surface area contributed by atoms with Gasteiger partial charge in [-0.05, 0) is 49.8 Å². The van der Waals surface area contributed by atoms with Crippen molar-refractivity contribution in [1.82, 2.24) is 18.9 Å². The van der Waals surface area contributed by atoms with Crippen molar-refractivity contribution in [3.05, 3.63) is 51.9 Å². The van der Waals surface area contributed by atoms with E-state index in [0.717, 1.165) is 6.42 Å². The van der Waals surface area contributed by atoms with Gasteiger partial charge in [0.25, 0.3) is 11.5 Å². The molecular weight excluding hydrogens is 406 g/mol. The number of amides is 1. The molecule has 1 aliphatic heterocycles. The second-order valence-corrected chi connectivity index (χ2v) is 8.85. The first-order valence-corrected chi connectivity index (χ1v) is 11.4. The van der Waals surface area contributed by atoms with Crippen LogP contribution in [0, 0.1) is 17.2 Å². The molecule has 4 heterocycles. The first-order valence-electron chi connectivity index (χ1n) is 11.4. The van der Waals surface area contributed by atoms with E-state index in [0.29, 0.717) is 67.8 Å². The summed E-state index contributed by atoms with van der Waals surface area (Å²) < 4.78 is 8.63. The van der Waals surface area contributed by atoms with Gasteiger partial charge in [-0.1, -0.05) is 19.9 Å². The van der Waals surface area contributed by atoms with Crippen LogP contribution < -0.4 is 11.0 Å². The quantitative estimate of drug-likeness (QED) is 0.474. The number of nitrogens with one attached hydrogen (secondary N) is 1. The number of nitrogens with zero attached hydrogens (tertiary/aromatic N) is 4. The normalized spacial score (nSPS) is 19.0. The Bertz CT molecular complexity index is 1250. The molecule has 1 fully saturated rings. The second kappa shape index (κ2) is 9.24. The molecule has 2 atom stereocenters. The molecule has 0 aromatic carbocycles. The number of aryl methyl sites for hydroxylation is 1. The Morgan fingerprint density at radius 3 is 2.72 bits per heavy atom. The highest BCUT2D eigenvalue weighted by atomic mass is 16.5. The predicted octanol–water partition coefficient (Wildman–Crippen LogP) is 2.67. The zero-order valence-corrected chi connectivity index (χ0v) is 19.0. The Morgan fingerprint density at radius 1 is 1.25 bits per heavy atom. The number of ether oxygens (including phenoxy) is 1. The molecule has 0 radical (unpaired) electrons. The van der Waals surface area contributed by atoms with Gasteiger partial charge in [-0.2, -0.15) is 0 Å². The molecule has 170 valence electrons. The summed E-state index contributed by atoms with van der Waals surface area (Å²) >= 11 is 0. The second-order valence-electron chi connectivity index (χ2n) is 8.85. The Balaban J connectivity index is 1.87. The summed E-state index contributed by atoms with van der Waals surface area (Å²) in [5, 5.41) is 9.21. The molecule has 0 saturated carbocycles. The minimum atomic E-state index is -0.237. The summed E-state index contributed by atoms with van der Waals surface area (Å²) in [5.41, 5.74) is 1.06. The van der Waals surface area contributed by atoms with Gasteiger partial charge in [-0.25, -0.2) is 4.98 Å². The van der Waals surface area contributed by atoms with Gasteiger partial charge < -0.3 is 14.2 Å². The first kappa shape index (κ1) is 22.2. The van der Waals surface area contributed by atoms with Crippen molar-refractivity contribution in [1.29, 1.82) is 5.41 Å². The molecule has 3 aromatic heterocycles. The lowest BCUT2D eigenvalue weighted by molar-refractivity contribution is 0.0620. The van der Waals surface area contributed by atoms with E-state index in [1.807, 2.05) is 17.9 Å². The van der Waals surface area contributed by atoms with Crippen LogP contribution in [-0.4, -0.2) is 51.1 Å². The van der Waals surface area contributed by atoms with E-state index < -0.39 is 0 Å². The molecule has 0 spiro atoms. The average Bonchev–Trinajstić information content (AvgIpc) is 2.77. The van der Waals surface area contributed by atoms with Crippen LogP contribution in [0.25, 0.3) is 16.7 Å². The third kappa shape index (κ3) is 4.19. The van der Waals surface area contributed by atoms with Crippen LogP contribution in [-0.2, 0) is 11.3 Å². The van der Waals surface area contributed by atoms with Crippen molar-refractivity contribution >= 4 is 22.6 Å². The van der Waals surface area contributed by atoms with E-state index in [9.17, 15) is 9.59 Å². The van der Waals surface area contributed by atoms with Crippen molar-refractivity contribution in [2.75, 3.05) is 26.3 Å². The number of fused-ring (bicyclic) bond motifs is 2. The van der Waals surface area contributed by atoms with Gasteiger partial charge in [-0.3, -0.25) is 19.4 Å². The fourth-order valence-electron chi connectivity index (χ4n) is 4.74. The van der Waals surface area contributed by atoms with E-state index in [2.05, 4.69) is 18.8 Å². The van der Waals surface area contributed by atoms with Gasteiger partial charge in [0.05, 0.1) is 10.9 Å². The summed E-state index contributed by atoms with van der Waals surface area (Å²) in [5.74, 6) is 0.630. The minimum absolute atomic E-state index is 0.0945. The SMILES string of the molecule is CCOCCCn1c(=N)c(C(=O)N2CC(C)CC(C)C2)cc2c(=O)n3ccccc3nc21. The number of carbonyl (C=O) groups excluding carboxylic acids is 1. The Kier molecular flexibility index (Phi) is 6.41. The standard InChI is InChI=1S/C24H31N5O3/c1-4-32-11-7-10-29-21(25)18(23(30)27-14-16(2)12-17(3)15-27)13-19-22(29)26-20-8-5-6-9-28(20)24(19)31/h5-6,8-9,13,16-17,25H,4,7,10-12,14-15H2,1-3H3. The zero-order valence-electron chi connectivity index (χ0n) is 19.0. The largest absolute Gasteiger partial charge is 0.382 e. The lowest BCUT2D eigenvalue weighted by Crippen LogP contribution is -2.45. The number of hydrogen-bond acceptors (Lipinski definition) is 5. The van der Waals surface area contributed by atoms with Crippen molar-refractivity contribution in [3.8, 4) is 0 Å². The fraction of sp³-hybridized carbons (Fsp3) is 0.500. The molecule has 32 heavy (non-hydrogen) atoms. The molecular formula is C24H31N5O3. The monoisotopic (exact) mass is 437 g/mol. The van der Waals surface area contributed by atoms with Crippen LogP contribution >= 0.6 is 0 Å². The van der Waals surface area contributed by atoms with E-state index in [1.54, 1.807) is 29.0 Å². The number of pyridine rings is 2. The summed E-state index contributed by atoms with van der Waals surface area (Å²) in [6.45, 7) is 9.16. The molecule has 3 aromatic rings. The maximum atomic E-state index is 13.5. The molecule has 0 bridgehead atoms. The first-order chi connectivity index (χ1) is 15.4. The van der Waals surface area contributed by atoms with Crippen LogP contribution in [0.15, 0.2) is 35.3 Å². The highest BCUT2D eigenvalue weighted by molar-refractivity contribution is 5.97. The van der Waals surface area contributed by atoms with Crippen molar-refractivity contribution < 1.29 is 9.53 Å². The van der Waals surface area contributed by atoms with Crippen LogP contribution in [0.3, 0.4) is 0 Å². The topological polar surface area (TPSA) is 92.7 Å². The minimum Gasteiger partial charge on any atom is -0.382 e. The molecule has 1 amide bonds. The van der Waals surface area contributed by atoms with Gasteiger partial charge in [0, 0.05) is 39.0 Å². The molecule has 4 rings (SSSR count). The fourth-order valence-corrected chi connectivity index (χ4v) is 4.74. The van der Waals surface area contributed by atoms with Crippen molar-refractivity contribution in [3.63, 3.8) is 0 Å². The molecule has 8 heteroatoms. The van der Waals surface area contributed by atoms with Crippen molar-refractivity contribution in [2.24, 2.45) is 11.8 Å². The number of piperidine rings is 1. The maximum absolute atomic E-state index is 13.5. The van der Waals surface area contributed by atoms with E-state index in [-0.39, 0.29) is 22.5 Å². The molecule has 2 unspecified atom stereocenters. The number of aromatic nitrogens is 3. The van der Waals surface area contributed by atoms with Crippen LogP contribution in [0.2, 0.25) is 0 Å². The van der Waals surface area contributed by atoms with E-state index >= 15 is 0 Å². The van der Waals surface area contributed by atoms with Crippen LogP contribution in [0.5, 0.6) is 0 Å². The van der Waals surface area contributed by atoms with Gasteiger partial charge in [0.15, 0.2) is 0 Å². The summed E-state index contributed by atoms with van der Waals surface area (Å²) in [6, 6.07) is 6.94. The van der Waals surface area contributed by atoms with Crippen LogP contribution in [0.4, 0.5) is 0 Å². The van der Waals surface area contributed by atoms with Gasteiger partial charge >= 0.3 is 0 Å². The molecule has 1 N–H and O–H groups in total. The number of likely N-dealkylation sites (tertiary alicyclic amines) is 1. The average molecular weight is 438 g/mol. The van der Waals surface area contributed by atoms with Gasteiger partial charge in [0.2, 0.25) is 0 Å². The molecule has 8 nitrogen and oxygen atoms in total.